The molecule has 1 fully saturated rings. The Labute approximate surface area is 125 Å². The molecule has 1 aliphatic rings. The van der Waals surface area contributed by atoms with Crippen molar-refractivity contribution in [3.05, 3.63) is 35.4 Å². The molecule has 114 valence electrons. The Kier molecular flexibility index (Phi) is 4.96. The fourth-order valence-corrected chi connectivity index (χ4v) is 2.18. The fourth-order valence-electron chi connectivity index (χ4n) is 2.18. The van der Waals surface area contributed by atoms with Gasteiger partial charge in [-0.3, -0.25) is 9.59 Å². The molecule has 1 aromatic rings. The summed E-state index contributed by atoms with van der Waals surface area (Å²) in [7, 11) is 1.58. The van der Waals surface area contributed by atoms with E-state index in [2.05, 4.69) is 10.6 Å². The number of aryl methyl sites for hydroxylation is 1. The minimum atomic E-state index is -0.863. The van der Waals surface area contributed by atoms with Gasteiger partial charge in [0.15, 0.2) is 0 Å². The van der Waals surface area contributed by atoms with Gasteiger partial charge >= 0.3 is 0 Å². The molecule has 0 heterocycles. The Morgan fingerprint density at radius 2 is 1.76 bits per heavy atom. The molecule has 0 radical (unpaired) electrons. The van der Waals surface area contributed by atoms with Crippen molar-refractivity contribution < 1.29 is 14.3 Å². The molecule has 0 spiro atoms. The summed E-state index contributed by atoms with van der Waals surface area (Å²) in [4.78, 5) is 24.3. The van der Waals surface area contributed by atoms with Gasteiger partial charge in [0.25, 0.3) is 0 Å². The smallest absolute Gasteiger partial charge is 0.235 e. The van der Waals surface area contributed by atoms with E-state index in [0.717, 1.165) is 5.56 Å². The first-order valence-electron chi connectivity index (χ1n) is 7.19. The normalized spacial score (nSPS) is 15.3. The predicted molar refractivity (Wildman–Crippen MR) is 79.6 cm³/mol. The summed E-state index contributed by atoms with van der Waals surface area (Å²) in [6.07, 6.45) is 1.23. The van der Waals surface area contributed by atoms with Crippen LogP contribution in [0.1, 0.15) is 24.0 Å². The Bertz CT molecular complexity index is 507. The minimum Gasteiger partial charge on any atom is -0.383 e. The summed E-state index contributed by atoms with van der Waals surface area (Å²) < 4.78 is 4.89. The molecule has 0 bridgehead atoms. The van der Waals surface area contributed by atoms with Gasteiger partial charge in [-0.05, 0) is 25.3 Å². The molecule has 2 rings (SSSR count). The van der Waals surface area contributed by atoms with Crippen LogP contribution < -0.4 is 10.6 Å². The second-order valence-electron chi connectivity index (χ2n) is 5.50. The van der Waals surface area contributed by atoms with Gasteiger partial charge in [-0.1, -0.05) is 29.8 Å². The number of carbonyl (C=O) groups excluding carboxylic acids is 2. The number of methoxy groups -OCH3 is 1. The summed E-state index contributed by atoms with van der Waals surface area (Å²) in [5.41, 5.74) is 1.35. The molecule has 21 heavy (non-hydrogen) atoms. The van der Waals surface area contributed by atoms with Gasteiger partial charge in [0.05, 0.1) is 6.61 Å². The maximum absolute atomic E-state index is 12.2. The molecule has 1 aromatic carbocycles. The van der Waals surface area contributed by atoms with Crippen LogP contribution >= 0.6 is 0 Å². The summed E-state index contributed by atoms with van der Waals surface area (Å²) in [5.74, 6) is -0.376. The number of amides is 2. The summed E-state index contributed by atoms with van der Waals surface area (Å²) in [5, 5.41) is 5.61. The molecule has 0 unspecified atom stereocenters. The summed E-state index contributed by atoms with van der Waals surface area (Å²) in [6, 6.07) is 7.97. The molecule has 2 amide bonds. The maximum atomic E-state index is 12.2. The zero-order valence-corrected chi connectivity index (χ0v) is 12.6. The largest absolute Gasteiger partial charge is 0.383 e. The molecule has 1 saturated carbocycles. The van der Waals surface area contributed by atoms with E-state index in [9.17, 15) is 9.59 Å². The van der Waals surface area contributed by atoms with Gasteiger partial charge < -0.3 is 15.4 Å². The quantitative estimate of drug-likeness (QED) is 0.585. The van der Waals surface area contributed by atoms with Crippen molar-refractivity contribution in [1.29, 1.82) is 0 Å². The Hall–Kier alpha value is -1.88. The van der Waals surface area contributed by atoms with Crippen molar-refractivity contribution in [2.75, 3.05) is 20.3 Å². The number of hydrogen-bond acceptors (Lipinski definition) is 3. The zero-order chi connectivity index (χ0) is 15.3. The minimum absolute atomic E-state index is 0.182. The van der Waals surface area contributed by atoms with E-state index in [4.69, 9.17) is 4.74 Å². The summed E-state index contributed by atoms with van der Waals surface area (Å²) in [6.45, 7) is 3.35. The molecular weight excluding hydrogens is 268 g/mol. The van der Waals surface area contributed by atoms with Crippen LogP contribution in [0.25, 0.3) is 0 Å². The lowest BCUT2D eigenvalue weighted by atomic mass is 10.0. The SMILES string of the molecule is COCCNC(=O)C1(C(=O)NCc2ccc(C)cc2)CC1. The number of nitrogens with one attached hydrogen (secondary N) is 2. The van der Waals surface area contributed by atoms with E-state index in [1.165, 1.54) is 5.56 Å². The topological polar surface area (TPSA) is 67.4 Å². The number of benzene rings is 1. The molecule has 0 aromatic heterocycles. The molecule has 0 atom stereocenters. The molecule has 2 N–H and O–H groups in total. The monoisotopic (exact) mass is 290 g/mol. The Balaban J connectivity index is 1.84. The zero-order valence-electron chi connectivity index (χ0n) is 12.6. The van der Waals surface area contributed by atoms with E-state index in [1.54, 1.807) is 7.11 Å². The molecule has 1 aliphatic carbocycles. The number of ether oxygens (including phenoxy) is 1. The Morgan fingerprint density at radius 1 is 1.14 bits per heavy atom. The third kappa shape index (κ3) is 3.82. The molecular formula is C16H22N2O3. The van der Waals surface area contributed by atoms with Crippen molar-refractivity contribution in [3.63, 3.8) is 0 Å². The molecule has 5 heteroatoms. The van der Waals surface area contributed by atoms with E-state index < -0.39 is 5.41 Å². The number of hydrogen-bond donors (Lipinski definition) is 2. The first-order valence-corrected chi connectivity index (χ1v) is 7.19. The summed E-state index contributed by atoms with van der Waals surface area (Å²) >= 11 is 0. The predicted octanol–water partition coefficient (Wildman–Crippen LogP) is 1.15. The third-order valence-corrected chi connectivity index (χ3v) is 3.78. The van der Waals surface area contributed by atoms with Crippen molar-refractivity contribution in [1.82, 2.24) is 10.6 Å². The van der Waals surface area contributed by atoms with Crippen LogP contribution in [0.4, 0.5) is 0 Å². The highest BCUT2D eigenvalue weighted by Gasteiger charge is 2.56. The third-order valence-electron chi connectivity index (χ3n) is 3.78. The van der Waals surface area contributed by atoms with Gasteiger partial charge in [0.1, 0.15) is 5.41 Å². The molecule has 0 saturated heterocycles. The standard InChI is InChI=1S/C16H22N2O3/c1-12-3-5-13(6-4-12)11-18-15(20)16(7-8-16)14(19)17-9-10-21-2/h3-6H,7-11H2,1-2H3,(H,17,19)(H,18,20). The van der Waals surface area contributed by atoms with E-state index >= 15 is 0 Å². The number of carbonyl (C=O) groups is 2. The van der Waals surface area contributed by atoms with Gasteiger partial charge in [-0.25, -0.2) is 0 Å². The highest BCUT2D eigenvalue weighted by Crippen LogP contribution is 2.46. The highest BCUT2D eigenvalue weighted by atomic mass is 16.5. The van der Waals surface area contributed by atoms with E-state index in [1.807, 2.05) is 31.2 Å². The van der Waals surface area contributed by atoms with E-state index in [0.29, 0.717) is 32.5 Å². The van der Waals surface area contributed by atoms with Crippen LogP contribution in [0.5, 0.6) is 0 Å². The van der Waals surface area contributed by atoms with Crippen LogP contribution in [0.2, 0.25) is 0 Å². The average Bonchev–Trinajstić information content (AvgIpc) is 3.28. The van der Waals surface area contributed by atoms with Crippen LogP contribution in [0, 0.1) is 12.3 Å². The van der Waals surface area contributed by atoms with E-state index in [-0.39, 0.29) is 11.8 Å². The van der Waals surface area contributed by atoms with Crippen molar-refractivity contribution in [3.8, 4) is 0 Å². The van der Waals surface area contributed by atoms with Gasteiger partial charge in [-0.2, -0.15) is 0 Å². The van der Waals surface area contributed by atoms with Crippen molar-refractivity contribution in [2.45, 2.75) is 26.3 Å². The second kappa shape index (κ2) is 6.72. The second-order valence-corrected chi connectivity index (χ2v) is 5.50. The van der Waals surface area contributed by atoms with Gasteiger partial charge in [-0.15, -0.1) is 0 Å². The van der Waals surface area contributed by atoms with Crippen LogP contribution in [0.15, 0.2) is 24.3 Å². The molecule has 5 nitrogen and oxygen atoms in total. The lowest BCUT2D eigenvalue weighted by Crippen LogP contribution is -2.43. The lowest BCUT2D eigenvalue weighted by Gasteiger charge is -2.15. The Morgan fingerprint density at radius 3 is 2.33 bits per heavy atom. The first kappa shape index (κ1) is 15.5. The van der Waals surface area contributed by atoms with Gasteiger partial charge in [0.2, 0.25) is 11.8 Å². The fraction of sp³-hybridized carbons (Fsp3) is 0.500. The molecule has 0 aliphatic heterocycles. The first-order chi connectivity index (χ1) is 10.1. The van der Waals surface area contributed by atoms with Gasteiger partial charge in [0, 0.05) is 20.2 Å². The average molecular weight is 290 g/mol. The van der Waals surface area contributed by atoms with Crippen molar-refractivity contribution >= 4 is 11.8 Å². The number of rotatable bonds is 7. The maximum Gasteiger partial charge on any atom is 0.235 e. The lowest BCUT2D eigenvalue weighted by molar-refractivity contribution is -0.137. The highest BCUT2D eigenvalue weighted by molar-refractivity contribution is 6.07. The van der Waals surface area contributed by atoms with Crippen molar-refractivity contribution in [2.24, 2.45) is 5.41 Å². The van der Waals surface area contributed by atoms with Crippen LogP contribution in [-0.4, -0.2) is 32.1 Å². The van der Waals surface area contributed by atoms with Crippen LogP contribution in [-0.2, 0) is 20.9 Å². The van der Waals surface area contributed by atoms with Crippen LogP contribution in [0.3, 0.4) is 0 Å².